The van der Waals surface area contributed by atoms with Crippen molar-refractivity contribution in [1.29, 1.82) is 0 Å². The molecule has 3 rings (SSSR count). The number of hydrogen-bond donors (Lipinski definition) is 0. The normalized spacial score (nSPS) is 22.8. The maximum atomic E-state index is 6.35. The Morgan fingerprint density at radius 2 is 1.89 bits per heavy atom. The summed E-state index contributed by atoms with van der Waals surface area (Å²) in [5.41, 5.74) is 1.22. The summed E-state index contributed by atoms with van der Waals surface area (Å²) in [6, 6.07) is 5.96. The van der Waals surface area contributed by atoms with Crippen molar-refractivity contribution in [3.8, 4) is 5.75 Å². The van der Waals surface area contributed by atoms with Crippen molar-refractivity contribution in [3.05, 3.63) is 28.8 Å². The zero-order chi connectivity index (χ0) is 13.3. The van der Waals surface area contributed by atoms with Crippen LogP contribution in [0.15, 0.2) is 18.2 Å². The van der Waals surface area contributed by atoms with Crippen LogP contribution >= 0.6 is 11.6 Å². The van der Waals surface area contributed by atoms with E-state index in [1.165, 1.54) is 5.56 Å². The van der Waals surface area contributed by atoms with Crippen LogP contribution < -0.4 is 4.74 Å². The third-order valence-electron chi connectivity index (χ3n) is 4.21. The lowest BCUT2D eigenvalue weighted by Crippen LogP contribution is -2.34. The molecule has 1 saturated heterocycles. The van der Waals surface area contributed by atoms with Crippen LogP contribution in [0.2, 0.25) is 5.02 Å². The van der Waals surface area contributed by atoms with Gasteiger partial charge in [0.25, 0.3) is 0 Å². The largest absolute Gasteiger partial charge is 0.497 e. The summed E-state index contributed by atoms with van der Waals surface area (Å²) in [5, 5.41) is 0.800. The highest BCUT2D eigenvalue weighted by molar-refractivity contribution is 6.31. The molecule has 3 nitrogen and oxygen atoms in total. The Balaban J connectivity index is 1.71. The van der Waals surface area contributed by atoms with E-state index in [0.29, 0.717) is 5.92 Å². The molecular weight excluding hydrogens is 264 g/mol. The average molecular weight is 283 g/mol. The van der Waals surface area contributed by atoms with E-state index in [2.05, 4.69) is 6.07 Å². The number of rotatable bonds is 2. The molecule has 0 N–H and O–H groups in total. The minimum atomic E-state index is -0.296. The van der Waals surface area contributed by atoms with Crippen molar-refractivity contribution in [2.75, 3.05) is 20.3 Å². The maximum Gasteiger partial charge on any atom is 0.168 e. The van der Waals surface area contributed by atoms with E-state index in [4.69, 9.17) is 25.8 Å². The summed E-state index contributed by atoms with van der Waals surface area (Å²) in [7, 11) is 1.66. The van der Waals surface area contributed by atoms with E-state index >= 15 is 0 Å². The van der Waals surface area contributed by atoms with Crippen molar-refractivity contribution in [1.82, 2.24) is 0 Å². The standard InChI is InChI=1S/C15H19ClO3/c1-17-12-2-3-13(14(16)10-12)11-4-6-15(7-5-11)18-8-9-19-15/h2-3,10-11H,4-9H2,1H3. The highest BCUT2D eigenvalue weighted by Gasteiger charge is 2.40. The fourth-order valence-corrected chi connectivity index (χ4v) is 3.45. The van der Waals surface area contributed by atoms with Gasteiger partial charge in [-0.05, 0) is 36.5 Å². The number of benzene rings is 1. The van der Waals surface area contributed by atoms with E-state index in [-0.39, 0.29) is 5.79 Å². The molecule has 1 aliphatic carbocycles. The molecule has 1 saturated carbocycles. The highest BCUT2D eigenvalue weighted by atomic mass is 35.5. The van der Waals surface area contributed by atoms with Crippen LogP contribution in [-0.4, -0.2) is 26.1 Å². The first-order valence-corrected chi connectivity index (χ1v) is 7.22. The van der Waals surface area contributed by atoms with E-state index in [9.17, 15) is 0 Å². The maximum absolute atomic E-state index is 6.35. The Hall–Kier alpha value is -0.770. The first kappa shape index (κ1) is 13.2. The second-order valence-electron chi connectivity index (χ2n) is 5.27. The predicted molar refractivity (Wildman–Crippen MR) is 73.8 cm³/mol. The predicted octanol–water partition coefficient (Wildman–Crippen LogP) is 3.75. The number of methoxy groups -OCH3 is 1. The molecule has 0 bridgehead atoms. The van der Waals surface area contributed by atoms with Crippen LogP contribution in [0.3, 0.4) is 0 Å². The van der Waals surface area contributed by atoms with E-state index in [1.54, 1.807) is 7.11 Å². The molecule has 0 aromatic heterocycles. The van der Waals surface area contributed by atoms with E-state index in [1.807, 2.05) is 12.1 Å². The molecule has 0 radical (unpaired) electrons. The topological polar surface area (TPSA) is 27.7 Å². The average Bonchev–Trinajstić information content (AvgIpc) is 2.88. The smallest absolute Gasteiger partial charge is 0.168 e. The first-order valence-electron chi connectivity index (χ1n) is 6.84. The van der Waals surface area contributed by atoms with Gasteiger partial charge in [-0.15, -0.1) is 0 Å². The van der Waals surface area contributed by atoms with Crippen LogP contribution in [0.25, 0.3) is 0 Å². The molecule has 0 atom stereocenters. The zero-order valence-electron chi connectivity index (χ0n) is 11.2. The summed E-state index contributed by atoms with van der Waals surface area (Å²) in [4.78, 5) is 0. The van der Waals surface area contributed by atoms with Crippen LogP contribution in [0, 0.1) is 0 Å². The van der Waals surface area contributed by atoms with Crippen LogP contribution in [0.5, 0.6) is 5.75 Å². The lowest BCUT2D eigenvalue weighted by Gasteiger charge is -2.35. The Morgan fingerprint density at radius 1 is 1.21 bits per heavy atom. The van der Waals surface area contributed by atoms with Gasteiger partial charge in [0.05, 0.1) is 20.3 Å². The summed E-state index contributed by atoms with van der Waals surface area (Å²) in [5.74, 6) is 1.01. The molecule has 2 aliphatic rings. The number of halogens is 1. The minimum Gasteiger partial charge on any atom is -0.497 e. The van der Waals surface area contributed by atoms with Crippen LogP contribution in [0.1, 0.15) is 37.2 Å². The molecular formula is C15H19ClO3. The molecule has 1 spiro atoms. The van der Waals surface area contributed by atoms with Gasteiger partial charge in [-0.3, -0.25) is 0 Å². The molecule has 4 heteroatoms. The Kier molecular flexibility index (Phi) is 3.70. The Bertz CT molecular complexity index is 445. The molecule has 0 unspecified atom stereocenters. The van der Waals surface area contributed by atoms with Gasteiger partial charge in [0.15, 0.2) is 5.79 Å². The molecule has 2 fully saturated rings. The van der Waals surface area contributed by atoms with Crippen LogP contribution in [0.4, 0.5) is 0 Å². The van der Waals surface area contributed by atoms with E-state index < -0.39 is 0 Å². The second kappa shape index (κ2) is 5.31. The molecule has 0 amide bonds. The molecule has 1 aromatic carbocycles. The Morgan fingerprint density at radius 3 is 2.47 bits per heavy atom. The van der Waals surface area contributed by atoms with Gasteiger partial charge in [0, 0.05) is 17.9 Å². The van der Waals surface area contributed by atoms with Crippen molar-refractivity contribution < 1.29 is 14.2 Å². The lowest BCUT2D eigenvalue weighted by atomic mass is 9.81. The summed E-state index contributed by atoms with van der Waals surface area (Å²) in [6.07, 6.45) is 4.04. The van der Waals surface area contributed by atoms with Gasteiger partial charge in [-0.1, -0.05) is 17.7 Å². The van der Waals surface area contributed by atoms with Crippen molar-refractivity contribution in [2.24, 2.45) is 0 Å². The fraction of sp³-hybridized carbons (Fsp3) is 0.600. The monoisotopic (exact) mass is 282 g/mol. The molecule has 104 valence electrons. The minimum absolute atomic E-state index is 0.296. The van der Waals surface area contributed by atoms with Gasteiger partial charge in [0.1, 0.15) is 5.75 Å². The quantitative estimate of drug-likeness (QED) is 0.827. The van der Waals surface area contributed by atoms with Gasteiger partial charge >= 0.3 is 0 Å². The lowest BCUT2D eigenvalue weighted by molar-refractivity contribution is -0.178. The summed E-state index contributed by atoms with van der Waals surface area (Å²) < 4.78 is 16.7. The third-order valence-corrected chi connectivity index (χ3v) is 4.54. The molecule has 1 aromatic rings. The summed E-state index contributed by atoms with van der Waals surface area (Å²) in [6.45, 7) is 1.46. The van der Waals surface area contributed by atoms with Crippen molar-refractivity contribution in [3.63, 3.8) is 0 Å². The molecule has 1 heterocycles. The first-order chi connectivity index (χ1) is 9.22. The third kappa shape index (κ3) is 2.60. The second-order valence-corrected chi connectivity index (χ2v) is 5.68. The van der Waals surface area contributed by atoms with Crippen molar-refractivity contribution in [2.45, 2.75) is 37.4 Å². The Labute approximate surface area is 118 Å². The molecule has 1 aliphatic heterocycles. The highest BCUT2D eigenvalue weighted by Crippen LogP contribution is 2.44. The summed E-state index contributed by atoms with van der Waals surface area (Å²) >= 11 is 6.35. The van der Waals surface area contributed by atoms with Gasteiger partial charge < -0.3 is 14.2 Å². The van der Waals surface area contributed by atoms with Gasteiger partial charge in [-0.2, -0.15) is 0 Å². The fourth-order valence-electron chi connectivity index (χ4n) is 3.12. The van der Waals surface area contributed by atoms with Crippen molar-refractivity contribution >= 4 is 11.6 Å². The number of ether oxygens (including phenoxy) is 3. The molecule has 19 heavy (non-hydrogen) atoms. The van der Waals surface area contributed by atoms with Gasteiger partial charge in [0.2, 0.25) is 0 Å². The SMILES string of the molecule is COc1ccc(C2CCC3(CC2)OCCO3)c(Cl)c1. The number of hydrogen-bond acceptors (Lipinski definition) is 3. The van der Waals surface area contributed by atoms with Gasteiger partial charge in [-0.25, -0.2) is 0 Å². The van der Waals surface area contributed by atoms with Crippen LogP contribution in [-0.2, 0) is 9.47 Å². The van der Waals surface area contributed by atoms with E-state index in [0.717, 1.165) is 49.7 Å². The zero-order valence-corrected chi connectivity index (χ0v) is 11.9.